The predicted molar refractivity (Wildman–Crippen MR) is 96.9 cm³/mol. The van der Waals surface area contributed by atoms with Crippen LogP contribution in [-0.4, -0.2) is 57.4 Å². The first kappa shape index (κ1) is 16.4. The number of hydrogen-bond acceptors (Lipinski definition) is 5. The largest absolute Gasteiger partial charge is 0.465 e. The molecule has 27 heavy (non-hydrogen) atoms. The van der Waals surface area contributed by atoms with Gasteiger partial charge in [0.15, 0.2) is 0 Å². The zero-order chi connectivity index (χ0) is 18.9. The van der Waals surface area contributed by atoms with Crippen molar-refractivity contribution in [3.63, 3.8) is 0 Å². The van der Waals surface area contributed by atoms with Gasteiger partial charge in [0.2, 0.25) is 0 Å². The van der Waals surface area contributed by atoms with Gasteiger partial charge in [-0.05, 0) is 30.9 Å². The topological polar surface area (TPSA) is 90.8 Å². The second kappa shape index (κ2) is 5.39. The van der Waals surface area contributed by atoms with E-state index in [9.17, 15) is 19.5 Å². The summed E-state index contributed by atoms with van der Waals surface area (Å²) in [5, 5.41) is 12.1. The monoisotopic (exact) mass is 383 g/mol. The Morgan fingerprint density at radius 3 is 2.30 bits per heavy atom. The van der Waals surface area contributed by atoms with Crippen molar-refractivity contribution in [2.75, 3.05) is 19.6 Å². The third kappa shape index (κ3) is 2.13. The van der Waals surface area contributed by atoms with Crippen LogP contribution in [-0.2, 0) is 5.41 Å². The zero-order valence-electron chi connectivity index (χ0n) is 14.6. The average Bonchev–Trinajstić information content (AvgIpc) is 3.07. The third-order valence-corrected chi connectivity index (χ3v) is 7.27. The quantitative estimate of drug-likeness (QED) is 0.821. The maximum atomic E-state index is 12.8. The van der Waals surface area contributed by atoms with Crippen molar-refractivity contribution in [1.29, 1.82) is 0 Å². The summed E-state index contributed by atoms with van der Waals surface area (Å²) in [5.74, 6) is -0.376. The predicted octanol–water partition coefficient (Wildman–Crippen LogP) is 2.23. The molecule has 138 valence electrons. The molecule has 5 rings (SSSR count). The highest BCUT2D eigenvalue weighted by Crippen LogP contribution is 2.64. The Morgan fingerprint density at radius 1 is 1.22 bits per heavy atom. The summed E-state index contributed by atoms with van der Waals surface area (Å²) in [6, 6.07) is 6.86. The fourth-order valence-corrected chi connectivity index (χ4v) is 5.84. The van der Waals surface area contributed by atoms with E-state index in [0.717, 1.165) is 10.7 Å². The van der Waals surface area contributed by atoms with Crippen LogP contribution in [0.4, 0.5) is 4.79 Å². The number of likely N-dealkylation sites (tertiary alicyclic amines) is 1. The number of fused-ring (bicyclic) bond motifs is 2. The Balaban J connectivity index is 1.49. The summed E-state index contributed by atoms with van der Waals surface area (Å²) in [4.78, 5) is 44.3. The van der Waals surface area contributed by atoms with Crippen LogP contribution in [0.15, 0.2) is 29.6 Å². The molecule has 7 nitrogen and oxygen atoms in total. The lowest BCUT2D eigenvalue weighted by molar-refractivity contribution is 0.0624. The van der Waals surface area contributed by atoms with Crippen molar-refractivity contribution in [3.8, 4) is 0 Å². The Bertz CT molecular complexity index is 953. The van der Waals surface area contributed by atoms with Crippen LogP contribution in [0, 0.1) is 18.8 Å². The number of aromatic nitrogens is 1. The van der Waals surface area contributed by atoms with Crippen molar-refractivity contribution in [2.24, 2.45) is 11.8 Å². The number of piperidine rings is 1. The molecule has 3 heterocycles. The van der Waals surface area contributed by atoms with Gasteiger partial charge in [0, 0.05) is 30.7 Å². The standard InChI is InChI=1S/C19H17N3O4S/c1-10-8-27-17(20-10)19(13-6-21(18(25)26)7-14(13)19)9-22-15(23)11-4-2-3-5-12(11)16(22)24/h2-5,8,13-14H,6-7,9H2,1H3,(H,25,26)/t13-,14+,19-. The van der Waals surface area contributed by atoms with E-state index in [2.05, 4.69) is 4.98 Å². The number of imide groups is 1. The van der Waals surface area contributed by atoms with Crippen molar-refractivity contribution in [3.05, 3.63) is 51.5 Å². The summed E-state index contributed by atoms with van der Waals surface area (Å²) >= 11 is 1.53. The second-order valence-electron chi connectivity index (χ2n) is 7.48. The maximum Gasteiger partial charge on any atom is 0.407 e. The number of amides is 3. The van der Waals surface area contributed by atoms with Crippen LogP contribution < -0.4 is 0 Å². The van der Waals surface area contributed by atoms with Crippen molar-refractivity contribution < 1.29 is 19.5 Å². The molecule has 1 saturated carbocycles. The molecule has 1 N–H and O–H groups in total. The van der Waals surface area contributed by atoms with Gasteiger partial charge in [-0.2, -0.15) is 0 Å². The van der Waals surface area contributed by atoms with E-state index >= 15 is 0 Å². The number of carboxylic acid groups (broad SMARTS) is 1. The molecule has 3 amide bonds. The molecule has 3 aliphatic rings. The van der Waals surface area contributed by atoms with E-state index in [1.807, 2.05) is 12.3 Å². The first-order valence-corrected chi connectivity index (χ1v) is 9.67. The number of carbonyl (C=O) groups is 3. The minimum Gasteiger partial charge on any atom is -0.465 e. The van der Waals surface area contributed by atoms with Gasteiger partial charge in [-0.15, -0.1) is 11.3 Å². The summed E-state index contributed by atoms with van der Waals surface area (Å²) in [7, 11) is 0. The van der Waals surface area contributed by atoms with Crippen molar-refractivity contribution in [2.45, 2.75) is 12.3 Å². The SMILES string of the molecule is Cc1csc([C@]2(CN3C(=O)c4ccccc4C3=O)[C@@H]3CN(C(=O)O)C[C@@H]32)n1. The van der Waals surface area contributed by atoms with Crippen LogP contribution in [0.2, 0.25) is 0 Å². The number of aryl methyl sites for hydroxylation is 1. The minimum absolute atomic E-state index is 0.0865. The van der Waals surface area contributed by atoms with Crippen molar-refractivity contribution >= 4 is 29.2 Å². The highest BCUT2D eigenvalue weighted by molar-refractivity contribution is 7.09. The first-order valence-electron chi connectivity index (χ1n) is 8.79. The number of nitrogens with zero attached hydrogens (tertiary/aromatic N) is 3. The average molecular weight is 383 g/mol. The number of rotatable bonds is 3. The smallest absolute Gasteiger partial charge is 0.407 e. The van der Waals surface area contributed by atoms with E-state index in [-0.39, 0.29) is 30.2 Å². The molecule has 1 saturated heterocycles. The van der Waals surface area contributed by atoms with Gasteiger partial charge in [0.05, 0.1) is 16.5 Å². The van der Waals surface area contributed by atoms with Gasteiger partial charge >= 0.3 is 6.09 Å². The number of benzene rings is 1. The summed E-state index contributed by atoms with van der Waals surface area (Å²) in [6.45, 7) is 3.01. The fourth-order valence-electron chi connectivity index (χ4n) is 4.72. The Morgan fingerprint density at radius 2 is 1.81 bits per heavy atom. The molecule has 1 aromatic carbocycles. The lowest BCUT2D eigenvalue weighted by Crippen LogP contribution is -2.42. The van der Waals surface area contributed by atoms with Gasteiger partial charge in [0.25, 0.3) is 11.8 Å². The van der Waals surface area contributed by atoms with Crippen molar-refractivity contribution in [1.82, 2.24) is 14.8 Å². The van der Waals surface area contributed by atoms with E-state index in [1.165, 1.54) is 21.1 Å². The van der Waals surface area contributed by atoms with Gasteiger partial charge in [-0.3, -0.25) is 14.5 Å². The molecular weight excluding hydrogens is 366 g/mol. The normalized spacial score (nSPS) is 28.5. The molecule has 0 radical (unpaired) electrons. The molecule has 2 aliphatic heterocycles. The summed E-state index contributed by atoms with van der Waals surface area (Å²) < 4.78 is 0. The molecule has 0 unspecified atom stereocenters. The Kier molecular flexibility index (Phi) is 3.28. The molecule has 1 aromatic heterocycles. The molecule has 1 aliphatic carbocycles. The maximum absolute atomic E-state index is 12.8. The summed E-state index contributed by atoms with van der Waals surface area (Å²) in [5.41, 5.74) is 1.34. The molecule has 2 aromatic rings. The molecule has 2 fully saturated rings. The van der Waals surface area contributed by atoms with Crippen LogP contribution in [0.5, 0.6) is 0 Å². The highest BCUT2D eigenvalue weighted by atomic mass is 32.1. The lowest BCUT2D eigenvalue weighted by atomic mass is 9.99. The Hall–Kier alpha value is -2.74. The van der Waals surface area contributed by atoms with Crippen LogP contribution >= 0.6 is 11.3 Å². The first-order chi connectivity index (χ1) is 12.9. The number of carbonyl (C=O) groups excluding carboxylic acids is 2. The summed E-state index contributed by atoms with van der Waals surface area (Å²) in [6.07, 6.45) is -0.924. The molecule has 3 atom stereocenters. The van der Waals surface area contributed by atoms with E-state index < -0.39 is 11.5 Å². The van der Waals surface area contributed by atoms with E-state index in [0.29, 0.717) is 24.2 Å². The van der Waals surface area contributed by atoms with Gasteiger partial charge in [-0.1, -0.05) is 12.1 Å². The third-order valence-electron chi connectivity index (χ3n) is 6.12. The zero-order valence-corrected chi connectivity index (χ0v) is 15.4. The minimum atomic E-state index is -0.924. The number of thiazole rings is 1. The van der Waals surface area contributed by atoms with Crippen LogP contribution in [0.3, 0.4) is 0 Å². The van der Waals surface area contributed by atoms with Crippen LogP contribution in [0.25, 0.3) is 0 Å². The van der Waals surface area contributed by atoms with Gasteiger partial charge in [-0.25, -0.2) is 9.78 Å². The van der Waals surface area contributed by atoms with Gasteiger partial charge < -0.3 is 10.0 Å². The molecular formula is C19H17N3O4S. The van der Waals surface area contributed by atoms with Gasteiger partial charge in [0.1, 0.15) is 5.01 Å². The fraction of sp³-hybridized carbons (Fsp3) is 0.368. The molecule has 0 bridgehead atoms. The molecule has 8 heteroatoms. The Labute approximate surface area is 159 Å². The van der Waals surface area contributed by atoms with Crippen LogP contribution in [0.1, 0.15) is 31.4 Å². The second-order valence-corrected chi connectivity index (χ2v) is 8.34. The highest BCUT2D eigenvalue weighted by Gasteiger charge is 2.72. The van der Waals surface area contributed by atoms with E-state index in [1.54, 1.807) is 24.3 Å². The lowest BCUT2D eigenvalue weighted by Gasteiger charge is -2.27. The number of hydrogen-bond donors (Lipinski definition) is 1. The van der Waals surface area contributed by atoms with E-state index in [4.69, 9.17) is 0 Å². The molecule has 0 spiro atoms.